The van der Waals surface area contributed by atoms with Crippen molar-refractivity contribution in [1.29, 1.82) is 0 Å². The van der Waals surface area contributed by atoms with Gasteiger partial charge in [0.15, 0.2) is 0 Å². The summed E-state index contributed by atoms with van der Waals surface area (Å²) in [5.74, 6) is 0.836. The van der Waals surface area contributed by atoms with Gasteiger partial charge in [0.2, 0.25) is 0 Å². The number of hydrogen-bond donors (Lipinski definition) is 2. The number of amides is 2. The topological polar surface area (TPSA) is 44.4 Å². The van der Waals surface area contributed by atoms with E-state index in [4.69, 9.17) is 0 Å². The molecule has 2 aromatic carbocycles. The van der Waals surface area contributed by atoms with E-state index >= 15 is 0 Å². The van der Waals surface area contributed by atoms with Crippen molar-refractivity contribution in [2.45, 2.75) is 32.7 Å². The Bertz CT molecular complexity index is 676. The fraction of sp³-hybridized carbons (Fsp3) is 0.381. The lowest BCUT2D eigenvalue weighted by atomic mass is 9.98. The number of carbonyl (C=O) groups is 1. The SMILES string of the molecule is CC1CCN(c2ccc([C@@H](C)NC(=O)Nc3ccccc3)cc2)CC1. The third-order valence-corrected chi connectivity index (χ3v) is 4.92. The first-order valence-corrected chi connectivity index (χ1v) is 9.09. The maximum Gasteiger partial charge on any atom is 0.319 e. The number of urea groups is 1. The summed E-state index contributed by atoms with van der Waals surface area (Å²) in [6, 6.07) is 17.8. The van der Waals surface area contributed by atoms with Crippen molar-refractivity contribution in [2.24, 2.45) is 5.92 Å². The minimum Gasteiger partial charge on any atom is -0.372 e. The average molecular weight is 337 g/mol. The molecule has 1 heterocycles. The summed E-state index contributed by atoms with van der Waals surface area (Å²) in [7, 11) is 0. The number of rotatable bonds is 4. The van der Waals surface area contributed by atoms with Crippen molar-refractivity contribution in [3.05, 3.63) is 60.2 Å². The molecule has 0 saturated carbocycles. The number of para-hydroxylation sites is 1. The Labute approximate surface area is 150 Å². The van der Waals surface area contributed by atoms with Gasteiger partial charge in [0, 0.05) is 24.5 Å². The molecule has 25 heavy (non-hydrogen) atoms. The highest BCUT2D eigenvalue weighted by Crippen LogP contribution is 2.24. The normalized spacial score (nSPS) is 16.3. The van der Waals surface area contributed by atoms with E-state index in [0.29, 0.717) is 0 Å². The van der Waals surface area contributed by atoms with E-state index in [9.17, 15) is 4.79 Å². The van der Waals surface area contributed by atoms with Gasteiger partial charge in [0.05, 0.1) is 6.04 Å². The molecule has 0 spiro atoms. The number of nitrogens with one attached hydrogen (secondary N) is 2. The number of benzene rings is 2. The Morgan fingerprint density at radius 1 is 1.04 bits per heavy atom. The van der Waals surface area contributed by atoms with Gasteiger partial charge >= 0.3 is 6.03 Å². The van der Waals surface area contributed by atoms with Crippen molar-refractivity contribution in [1.82, 2.24) is 5.32 Å². The summed E-state index contributed by atoms with van der Waals surface area (Å²) in [5.41, 5.74) is 3.18. The van der Waals surface area contributed by atoms with Crippen LogP contribution in [-0.4, -0.2) is 19.1 Å². The van der Waals surface area contributed by atoms with Crippen molar-refractivity contribution in [2.75, 3.05) is 23.3 Å². The molecule has 2 aromatic rings. The Kier molecular flexibility index (Phi) is 5.59. The molecule has 2 N–H and O–H groups in total. The summed E-state index contributed by atoms with van der Waals surface area (Å²) >= 11 is 0. The maximum absolute atomic E-state index is 12.1. The number of hydrogen-bond acceptors (Lipinski definition) is 2. The van der Waals surface area contributed by atoms with Crippen LogP contribution in [0.3, 0.4) is 0 Å². The first kappa shape index (κ1) is 17.3. The van der Waals surface area contributed by atoms with E-state index < -0.39 is 0 Å². The molecular formula is C21H27N3O. The first-order valence-electron chi connectivity index (χ1n) is 9.09. The Morgan fingerprint density at radius 3 is 2.32 bits per heavy atom. The second-order valence-electron chi connectivity index (χ2n) is 6.95. The number of piperidine rings is 1. The zero-order valence-electron chi connectivity index (χ0n) is 15.0. The van der Waals surface area contributed by atoms with Gasteiger partial charge in [-0.1, -0.05) is 37.3 Å². The van der Waals surface area contributed by atoms with E-state index in [-0.39, 0.29) is 12.1 Å². The molecule has 1 aliphatic rings. The molecule has 1 saturated heterocycles. The fourth-order valence-electron chi connectivity index (χ4n) is 3.21. The number of anilines is 2. The minimum atomic E-state index is -0.187. The van der Waals surface area contributed by atoms with Crippen molar-refractivity contribution >= 4 is 17.4 Å². The van der Waals surface area contributed by atoms with Gasteiger partial charge in [-0.15, -0.1) is 0 Å². The quantitative estimate of drug-likeness (QED) is 0.841. The van der Waals surface area contributed by atoms with Crippen LogP contribution in [0, 0.1) is 5.92 Å². The molecule has 1 atom stereocenters. The molecule has 0 unspecified atom stereocenters. The second kappa shape index (κ2) is 8.06. The summed E-state index contributed by atoms with van der Waals surface area (Å²) < 4.78 is 0. The van der Waals surface area contributed by atoms with Crippen LogP contribution in [-0.2, 0) is 0 Å². The van der Waals surface area contributed by atoms with Crippen molar-refractivity contribution in [3.8, 4) is 0 Å². The Hall–Kier alpha value is -2.49. The molecule has 0 aromatic heterocycles. The van der Waals surface area contributed by atoms with Crippen LogP contribution >= 0.6 is 0 Å². The lowest BCUT2D eigenvalue weighted by molar-refractivity contribution is 0.249. The summed E-state index contributed by atoms with van der Waals surface area (Å²) in [6.07, 6.45) is 2.53. The molecule has 3 rings (SSSR count). The third kappa shape index (κ3) is 4.75. The van der Waals surface area contributed by atoms with Crippen LogP contribution < -0.4 is 15.5 Å². The van der Waals surface area contributed by atoms with E-state index in [1.165, 1.54) is 18.5 Å². The number of carbonyl (C=O) groups excluding carboxylic acids is 1. The van der Waals surface area contributed by atoms with Crippen LogP contribution in [0.4, 0.5) is 16.2 Å². The zero-order chi connectivity index (χ0) is 17.6. The monoisotopic (exact) mass is 337 g/mol. The molecule has 1 aliphatic heterocycles. The predicted molar refractivity (Wildman–Crippen MR) is 104 cm³/mol. The largest absolute Gasteiger partial charge is 0.372 e. The highest BCUT2D eigenvalue weighted by atomic mass is 16.2. The van der Waals surface area contributed by atoms with Crippen LogP contribution in [0.2, 0.25) is 0 Å². The van der Waals surface area contributed by atoms with Gasteiger partial charge in [-0.3, -0.25) is 0 Å². The van der Waals surface area contributed by atoms with Crippen LogP contribution in [0.25, 0.3) is 0 Å². The Morgan fingerprint density at radius 2 is 1.68 bits per heavy atom. The van der Waals surface area contributed by atoms with Crippen molar-refractivity contribution in [3.63, 3.8) is 0 Å². The van der Waals surface area contributed by atoms with Crippen LogP contribution in [0.5, 0.6) is 0 Å². The zero-order valence-corrected chi connectivity index (χ0v) is 15.0. The predicted octanol–water partition coefficient (Wildman–Crippen LogP) is 4.81. The van der Waals surface area contributed by atoms with E-state index in [1.54, 1.807) is 0 Å². The maximum atomic E-state index is 12.1. The van der Waals surface area contributed by atoms with Gasteiger partial charge in [-0.05, 0) is 55.5 Å². The minimum absolute atomic E-state index is 0.0425. The smallest absolute Gasteiger partial charge is 0.319 e. The van der Waals surface area contributed by atoms with Crippen LogP contribution in [0.15, 0.2) is 54.6 Å². The highest BCUT2D eigenvalue weighted by Gasteiger charge is 2.16. The standard InChI is InChI=1S/C21H27N3O/c1-16-12-14-24(15-13-16)20-10-8-18(9-11-20)17(2)22-21(25)23-19-6-4-3-5-7-19/h3-11,16-17H,12-15H2,1-2H3,(H2,22,23,25)/t17-/m1/s1. The summed E-state index contributed by atoms with van der Waals surface area (Å²) in [6.45, 7) is 6.60. The second-order valence-corrected chi connectivity index (χ2v) is 6.95. The average Bonchev–Trinajstić information content (AvgIpc) is 2.63. The molecule has 0 aliphatic carbocycles. The molecule has 0 radical (unpaired) electrons. The Balaban J connectivity index is 1.55. The fourth-order valence-corrected chi connectivity index (χ4v) is 3.21. The highest BCUT2D eigenvalue weighted by molar-refractivity contribution is 5.89. The van der Waals surface area contributed by atoms with Gasteiger partial charge in [0.1, 0.15) is 0 Å². The van der Waals surface area contributed by atoms with Gasteiger partial charge < -0.3 is 15.5 Å². The van der Waals surface area contributed by atoms with E-state index in [1.807, 2.05) is 37.3 Å². The van der Waals surface area contributed by atoms with Crippen LogP contribution in [0.1, 0.15) is 38.3 Å². The van der Waals surface area contributed by atoms with E-state index in [2.05, 4.69) is 46.7 Å². The number of nitrogens with zero attached hydrogens (tertiary/aromatic N) is 1. The summed E-state index contributed by atoms with van der Waals surface area (Å²) in [5, 5.41) is 5.84. The molecule has 132 valence electrons. The lowest BCUT2D eigenvalue weighted by Crippen LogP contribution is -2.33. The molecule has 2 amide bonds. The van der Waals surface area contributed by atoms with Gasteiger partial charge in [0.25, 0.3) is 0 Å². The third-order valence-electron chi connectivity index (χ3n) is 4.92. The van der Waals surface area contributed by atoms with E-state index in [0.717, 1.165) is 30.3 Å². The first-order chi connectivity index (χ1) is 12.1. The molecular weight excluding hydrogens is 310 g/mol. The molecule has 1 fully saturated rings. The summed E-state index contributed by atoms with van der Waals surface area (Å²) in [4.78, 5) is 14.6. The van der Waals surface area contributed by atoms with Gasteiger partial charge in [-0.25, -0.2) is 4.79 Å². The van der Waals surface area contributed by atoms with Crippen molar-refractivity contribution < 1.29 is 4.79 Å². The molecule has 0 bridgehead atoms. The molecule has 4 nitrogen and oxygen atoms in total. The molecule has 4 heteroatoms. The lowest BCUT2D eigenvalue weighted by Gasteiger charge is -2.32. The van der Waals surface area contributed by atoms with Gasteiger partial charge in [-0.2, -0.15) is 0 Å².